The van der Waals surface area contributed by atoms with Gasteiger partial charge in [-0.05, 0) is 31.0 Å². The second kappa shape index (κ2) is 7.53. The zero-order valence-electron chi connectivity index (χ0n) is 12.3. The van der Waals surface area contributed by atoms with Gasteiger partial charge in [0.1, 0.15) is 0 Å². The lowest BCUT2D eigenvalue weighted by Crippen LogP contribution is -2.32. The van der Waals surface area contributed by atoms with E-state index in [-0.39, 0.29) is 11.6 Å². The normalized spacial score (nSPS) is 10.2. The van der Waals surface area contributed by atoms with Gasteiger partial charge in [0.05, 0.1) is 5.56 Å². The second-order valence-corrected chi connectivity index (χ2v) is 4.84. The first kappa shape index (κ1) is 16.0. The lowest BCUT2D eigenvalue weighted by molar-refractivity contribution is 0.0696. The fraction of sp³-hybridized carbons (Fsp3) is 0.467. The standard InChI is InChI=1S/C15H22N2O3/c1-4-5-6-10-17(3)15(20)16-13-9-7-8-12(11(13)2)14(18)19/h7-9H,4-6,10H2,1-3H3,(H,16,20)(H,18,19). The maximum atomic E-state index is 12.0. The van der Waals surface area contributed by atoms with Crippen molar-refractivity contribution < 1.29 is 14.7 Å². The summed E-state index contributed by atoms with van der Waals surface area (Å²) in [5, 5.41) is 11.8. The van der Waals surface area contributed by atoms with E-state index in [1.165, 1.54) is 6.07 Å². The number of aromatic carboxylic acids is 1. The van der Waals surface area contributed by atoms with Crippen LogP contribution in [0.25, 0.3) is 0 Å². The van der Waals surface area contributed by atoms with Gasteiger partial charge in [-0.3, -0.25) is 0 Å². The monoisotopic (exact) mass is 278 g/mol. The number of nitrogens with zero attached hydrogens (tertiary/aromatic N) is 1. The van der Waals surface area contributed by atoms with E-state index in [0.29, 0.717) is 17.8 Å². The van der Waals surface area contributed by atoms with Crippen LogP contribution in [0, 0.1) is 6.92 Å². The van der Waals surface area contributed by atoms with Crippen LogP contribution in [0.2, 0.25) is 0 Å². The lowest BCUT2D eigenvalue weighted by Gasteiger charge is -2.19. The molecule has 0 aliphatic carbocycles. The van der Waals surface area contributed by atoms with Crippen LogP contribution < -0.4 is 5.32 Å². The molecule has 5 nitrogen and oxygen atoms in total. The molecule has 20 heavy (non-hydrogen) atoms. The van der Waals surface area contributed by atoms with Crippen molar-refractivity contribution in [3.63, 3.8) is 0 Å². The highest BCUT2D eigenvalue weighted by molar-refractivity contribution is 5.95. The summed E-state index contributed by atoms with van der Waals surface area (Å²) in [5.41, 5.74) is 1.31. The van der Waals surface area contributed by atoms with E-state index >= 15 is 0 Å². The van der Waals surface area contributed by atoms with Crippen molar-refractivity contribution in [1.29, 1.82) is 0 Å². The second-order valence-electron chi connectivity index (χ2n) is 4.84. The Morgan fingerprint density at radius 3 is 2.60 bits per heavy atom. The minimum atomic E-state index is -0.991. The molecule has 0 heterocycles. The molecule has 1 aromatic carbocycles. The molecule has 1 rings (SSSR count). The van der Waals surface area contributed by atoms with Gasteiger partial charge in [0, 0.05) is 19.3 Å². The lowest BCUT2D eigenvalue weighted by atomic mass is 10.1. The van der Waals surface area contributed by atoms with Crippen molar-refractivity contribution in [3.05, 3.63) is 29.3 Å². The molecule has 0 aliphatic heterocycles. The van der Waals surface area contributed by atoms with Crippen molar-refractivity contribution in [2.24, 2.45) is 0 Å². The number of unbranched alkanes of at least 4 members (excludes halogenated alkanes) is 2. The summed E-state index contributed by atoms with van der Waals surface area (Å²) in [4.78, 5) is 24.7. The van der Waals surface area contributed by atoms with Crippen molar-refractivity contribution in [3.8, 4) is 0 Å². The molecule has 0 fully saturated rings. The molecule has 0 bridgehead atoms. The first-order chi connectivity index (χ1) is 9.47. The number of benzene rings is 1. The van der Waals surface area contributed by atoms with Crippen LogP contribution in [0.5, 0.6) is 0 Å². The van der Waals surface area contributed by atoms with E-state index in [4.69, 9.17) is 5.11 Å². The van der Waals surface area contributed by atoms with Crippen LogP contribution in [0.3, 0.4) is 0 Å². The Balaban J connectivity index is 2.71. The maximum Gasteiger partial charge on any atom is 0.336 e. The molecule has 0 aromatic heterocycles. The van der Waals surface area contributed by atoms with Gasteiger partial charge in [-0.1, -0.05) is 25.8 Å². The van der Waals surface area contributed by atoms with E-state index < -0.39 is 5.97 Å². The third kappa shape index (κ3) is 4.26. The Labute approximate surface area is 119 Å². The summed E-state index contributed by atoms with van der Waals surface area (Å²) in [7, 11) is 1.74. The van der Waals surface area contributed by atoms with Gasteiger partial charge in [-0.2, -0.15) is 0 Å². The van der Waals surface area contributed by atoms with E-state index in [2.05, 4.69) is 12.2 Å². The topological polar surface area (TPSA) is 69.6 Å². The molecule has 0 unspecified atom stereocenters. The molecule has 0 spiro atoms. The molecule has 5 heteroatoms. The number of anilines is 1. The summed E-state index contributed by atoms with van der Waals surface area (Å²) >= 11 is 0. The van der Waals surface area contributed by atoms with Gasteiger partial charge in [0.15, 0.2) is 0 Å². The Hall–Kier alpha value is -2.04. The smallest absolute Gasteiger partial charge is 0.336 e. The molecule has 0 atom stereocenters. The first-order valence-electron chi connectivity index (χ1n) is 6.82. The van der Waals surface area contributed by atoms with E-state index in [0.717, 1.165) is 19.3 Å². The van der Waals surface area contributed by atoms with E-state index in [1.807, 2.05) is 0 Å². The molecule has 0 radical (unpaired) electrons. The van der Waals surface area contributed by atoms with Gasteiger partial charge in [0.2, 0.25) is 0 Å². The Morgan fingerprint density at radius 2 is 2.00 bits per heavy atom. The SMILES string of the molecule is CCCCCN(C)C(=O)Nc1cccc(C(=O)O)c1C. The first-order valence-corrected chi connectivity index (χ1v) is 6.82. The van der Waals surface area contributed by atoms with Gasteiger partial charge in [-0.15, -0.1) is 0 Å². The largest absolute Gasteiger partial charge is 0.478 e. The number of carbonyl (C=O) groups is 2. The van der Waals surface area contributed by atoms with Crippen molar-refractivity contribution >= 4 is 17.7 Å². The number of nitrogens with one attached hydrogen (secondary N) is 1. The number of hydrogen-bond acceptors (Lipinski definition) is 2. The van der Waals surface area contributed by atoms with Gasteiger partial charge in [0.25, 0.3) is 0 Å². The van der Waals surface area contributed by atoms with E-state index in [9.17, 15) is 9.59 Å². The number of hydrogen-bond donors (Lipinski definition) is 2. The number of urea groups is 1. The fourth-order valence-corrected chi connectivity index (χ4v) is 1.91. The summed E-state index contributed by atoms with van der Waals surface area (Å²) < 4.78 is 0. The van der Waals surface area contributed by atoms with E-state index in [1.54, 1.807) is 31.0 Å². The quantitative estimate of drug-likeness (QED) is 0.784. The predicted octanol–water partition coefficient (Wildman–Crippen LogP) is 3.35. The molecule has 0 saturated carbocycles. The van der Waals surface area contributed by atoms with Crippen molar-refractivity contribution in [2.75, 3.05) is 18.9 Å². The molecular weight excluding hydrogens is 256 g/mol. The number of carboxylic acid groups (broad SMARTS) is 1. The number of rotatable bonds is 6. The average molecular weight is 278 g/mol. The summed E-state index contributed by atoms with van der Waals surface area (Å²) in [6.07, 6.45) is 3.16. The van der Waals surface area contributed by atoms with Crippen LogP contribution in [0.4, 0.5) is 10.5 Å². The fourth-order valence-electron chi connectivity index (χ4n) is 1.91. The maximum absolute atomic E-state index is 12.0. The average Bonchev–Trinajstić information content (AvgIpc) is 2.40. The molecule has 110 valence electrons. The minimum absolute atomic E-state index is 0.205. The number of carboxylic acids is 1. The predicted molar refractivity (Wildman–Crippen MR) is 79.3 cm³/mol. The Bertz CT molecular complexity index is 486. The molecule has 0 aliphatic rings. The van der Waals surface area contributed by atoms with Gasteiger partial charge >= 0.3 is 12.0 Å². The molecule has 0 saturated heterocycles. The van der Waals surface area contributed by atoms with Crippen molar-refractivity contribution in [2.45, 2.75) is 33.1 Å². The zero-order valence-corrected chi connectivity index (χ0v) is 12.3. The summed E-state index contributed by atoms with van der Waals surface area (Å²) in [6.45, 7) is 4.49. The third-order valence-electron chi connectivity index (χ3n) is 3.25. The van der Waals surface area contributed by atoms with Crippen molar-refractivity contribution in [1.82, 2.24) is 4.90 Å². The van der Waals surface area contributed by atoms with Gasteiger partial charge in [-0.25, -0.2) is 9.59 Å². The molecule has 2 N–H and O–H groups in total. The van der Waals surface area contributed by atoms with Crippen LogP contribution >= 0.6 is 0 Å². The Kier molecular flexibility index (Phi) is 6.03. The van der Waals surface area contributed by atoms with Crippen LogP contribution in [-0.2, 0) is 0 Å². The summed E-state index contributed by atoms with van der Waals surface area (Å²) in [5.74, 6) is -0.991. The highest BCUT2D eigenvalue weighted by Gasteiger charge is 2.13. The van der Waals surface area contributed by atoms with Crippen LogP contribution in [-0.4, -0.2) is 35.6 Å². The minimum Gasteiger partial charge on any atom is -0.478 e. The summed E-state index contributed by atoms with van der Waals surface area (Å²) in [6, 6.07) is 4.65. The highest BCUT2D eigenvalue weighted by Crippen LogP contribution is 2.19. The molecule has 1 aromatic rings. The molecular formula is C15H22N2O3. The third-order valence-corrected chi connectivity index (χ3v) is 3.25. The van der Waals surface area contributed by atoms with Gasteiger partial charge < -0.3 is 15.3 Å². The Morgan fingerprint density at radius 1 is 1.30 bits per heavy atom. The number of amides is 2. The van der Waals surface area contributed by atoms with Crippen LogP contribution in [0.1, 0.15) is 42.1 Å². The number of carbonyl (C=O) groups excluding carboxylic acids is 1. The zero-order chi connectivity index (χ0) is 15.1. The highest BCUT2D eigenvalue weighted by atomic mass is 16.4. The molecule has 2 amide bonds. The van der Waals surface area contributed by atoms with Crippen LogP contribution in [0.15, 0.2) is 18.2 Å².